The lowest BCUT2D eigenvalue weighted by Gasteiger charge is -2.32. The normalized spacial score (nSPS) is 18.2. The van der Waals surface area contributed by atoms with Crippen molar-refractivity contribution in [2.75, 3.05) is 5.32 Å². The number of nitrogens with zero attached hydrogens (tertiary/aromatic N) is 3. The van der Waals surface area contributed by atoms with Crippen LogP contribution in [0.1, 0.15) is 64.5 Å². The van der Waals surface area contributed by atoms with Gasteiger partial charge in [0.1, 0.15) is 5.82 Å². The predicted octanol–water partition coefficient (Wildman–Crippen LogP) is 3.03. The highest BCUT2D eigenvalue weighted by molar-refractivity contribution is 6.62. The Bertz CT molecular complexity index is 934. The second kappa shape index (κ2) is 6.92. The molecule has 0 aliphatic carbocycles. The number of hydrogen-bond acceptors (Lipinski definition) is 5. The Kier molecular flexibility index (Phi) is 5.12. The van der Waals surface area contributed by atoms with E-state index in [0.29, 0.717) is 16.7 Å². The van der Waals surface area contributed by atoms with Crippen molar-refractivity contribution < 1.29 is 18.5 Å². The Labute approximate surface area is 171 Å². The summed E-state index contributed by atoms with van der Waals surface area (Å²) in [6, 6.07) is 2.65. The highest BCUT2D eigenvalue weighted by Crippen LogP contribution is 2.37. The van der Waals surface area contributed by atoms with Crippen LogP contribution in [0.25, 0.3) is 0 Å². The summed E-state index contributed by atoms with van der Waals surface area (Å²) in [4.78, 5) is 12.6. The van der Waals surface area contributed by atoms with Gasteiger partial charge in [-0.15, -0.1) is 5.10 Å². The maximum absolute atomic E-state index is 14.4. The molecule has 0 radical (unpaired) electrons. The fourth-order valence-corrected chi connectivity index (χ4v) is 2.93. The molecule has 2 heterocycles. The Morgan fingerprint density at radius 1 is 1.17 bits per heavy atom. The molecule has 0 saturated carbocycles. The van der Waals surface area contributed by atoms with E-state index in [1.807, 2.05) is 48.5 Å². The molecule has 2 aromatic rings. The van der Waals surface area contributed by atoms with Gasteiger partial charge in [-0.05, 0) is 78.5 Å². The number of halogens is 1. The van der Waals surface area contributed by atoms with Gasteiger partial charge >= 0.3 is 7.12 Å². The highest BCUT2D eigenvalue weighted by Gasteiger charge is 2.52. The number of amides is 1. The van der Waals surface area contributed by atoms with Crippen molar-refractivity contribution in [3.63, 3.8) is 0 Å². The van der Waals surface area contributed by atoms with Crippen molar-refractivity contribution in [1.82, 2.24) is 15.0 Å². The third-order valence-electron chi connectivity index (χ3n) is 5.58. The Morgan fingerprint density at radius 3 is 2.28 bits per heavy atom. The molecule has 1 amide bonds. The number of anilines is 1. The first kappa shape index (κ1) is 21.5. The minimum Gasteiger partial charge on any atom is -0.399 e. The van der Waals surface area contributed by atoms with Gasteiger partial charge in [-0.2, -0.15) is 0 Å². The molecule has 7 nitrogen and oxygen atoms in total. The van der Waals surface area contributed by atoms with Gasteiger partial charge in [-0.3, -0.25) is 4.79 Å². The van der Waals surface area contributed by atoms with Crippen molar-refractivity contribution in [1.29, 1.82) is 0 Å². The van der Waals surface area contributed by atoms with E-state index in [4.69, 9.17) is 9.31 Å². The van der Waals surface area contributed by atoms with Gasteiger partial charge in [-0.1, -0.05) is 5.21 Å². The number of hydrogen-bond donors (Lipinski definition) is 1. The summed E-state index contributed by atoms with van der Waals surface area (Å²) in [6.45, 7) is 15.4. The molecule has 0 atom stereocenters. The summed E-state index contributed by atoms with van der Waals surface area (Å²) in [6.07, 6.45) is 1.57. The van der Waals surface area contributed by atoms with E-state index in [0.717, 1.165) is 0 Å². The molecule has 1 aliphatic rings. The van der Waals surface area contributed by atoms with Crippen LogP contribution in [-0.4, -0.2) is 39.2 Å². The van der Waals surface area contributed by atoms with E-state index >= 15 is 0 Å². The molecule has 156 valence electrons. The van der Waals surface area contributed by atoms with E-state index in [1.54, 1.807) is 17.8 Å². The number of aromatic nitrogens is 3. The Balaban J connectivity index is 1.88. The van der Waals surface area contributed by atoms with E-state index in [-0.39, 0.29) is 11.2 Å². The minimum absolute atomic E-state index is 0.153. The van der Waals surface area contributed by atoms with Crippen molar-refractivity contribution in [3.8, 4) is 0 Å². The van der Waals surface area contributed by atoms with Crippen LogP contribution >= 0.6 is 0 Å². The largest absolute Gasteiger partial charge is 0.495 e. The SMILES string of the molecule is Cc1c(NC(=O)c2cn(C(C)(C)C)nn2)cc(F)cc1B1OC(C)(C)C(C)(C)O1. The van der Waals surface area contributed by atoms with Gasteiger partial charge in [0.25, 0.3) is 5.91 Å². The smallest absolute Gasteiger partial charge is 0.399 e. The van der Waals surface area contributed by atoms with Gasteiger partial charge in [0.15, 0.2) is 5.69 Å². The van der Waals surface area contributed by atoms with Crippen LogP contribution in [0.15, 0.2) is 18.3 Å². The number of carbonyl (C=O) groups is 1. The first-order valence-electron chi connectivity index (χ1n) is 9.61. The lowest BCUT2D eigenvalue weighted by Crippen LogP contribution is -2.41. The molecule has 1 aromatic carbocycles. The zero-order valence-electron chi connectivity index (χ0n) is 18.3. The van der Waals surface area contributed by atoms with Crippen molar-refractivity contribution in [2.24, 2.45) is 0 Å². The standard InChI is InChI=1S/C20H28BFN4O3/c1-12-14(21-28-19(5,6)20(7,8)29-21)9-13(22)10-15(12)23-17(27)16-11-26(25-24-16)18(2,3)4/h9-11H,1-8H3,(H,23,27). The van der Waals surface area contributed by atoms with Gasteiger partial charge in [0, 0.05) is 5.69 Å². The van der Waals surface area contributed by atoms with E-state index in [1.165, 1.54) is 12.1 Å². The molecule has 1 saturated heterocycles. The number of carbonyl (C=O) groups excluding carboxylic acids is 1. The van der Waals surface area contributed by atoms with Crippen LogP contribution in [0.5, 0.6) is 0 Å². The van der Waals surface area contributed by atoms with Gasteiger partial charge in [0.2, 0.25) is 0 Å². The van der Waals surface area contributed by atoms with Crippen LogP contribution in [0, 0.1) is 12.7 Å². The first-order chi connectivity index (χ1) is 13.2. The lowest BCUT2D eigenvalue weighted by molar-refractivity contribution is 0.00578. The van der Waals surface area contributed by atoms with Crippen LogP contribution in [-0.2, 0) is 14.8 Å². The zero-order chi connectivity index (χ0) is 21.8. The highest BCUT2D eigenvalue weighted by atomic mass is 19.1. The van der Waals surface area contributed by atoms with E-state index in [2.05, 4.69) is 15.6 Å². The third kappa shape index (κ3) is 4.07. The summed E-state index contributed by atoms with van der Waals surface area (Å²) in [7, 11) is -0.729. The predicted molar refractivity (Wildman–Crippen MR) is 110 cm³/mol. The summed E-state index contributed by atoms with van der Waals surface area (Å²) in [5.74, 6) is -0.956. The molecule has 0 bridgehead atoms. The summed E-state index contributed by atoms with van der Waals surface area (Å²) >= 11 is 0. The molecule has 9 heteroatoms. The average molecular weight is 402 g/mol. The zero-order valence-corrected chi connectivity index (χ0v) is 18.3. The molecule has 29 heavy (non-hydrogen) atoms. The Hall–Kier alpha value is -2.26. The molecule has 1 aromatic heterocycles. The first-order valence-corrected chi connectivity index (χ1v) is 9.61. The van der Waals surface area contributed by atoms with Crippen LogP contribution < -0.4 is 10.8 Å². The summed E-state index contributed by atoms with van der Waals surface area (Å²) < 4.78 is 28.1. The molecule has 1 fully saturated rings. The van der Waals surface area contributed by atoms with Crippen LogP contribution in [0.4, 0.5) is 10.1 Å². The van der Waals surface area contributed by atoms with Crippen molar-refractivity contribution >= 4 is 24.2 Å². The average Bonchev–Trinajstić information content (AvgIpc) is 3.13. The summed E-state index contributed by atoms with van der Waals surface area (Å²) in [5.41, 5.74) is 0.297. The number of benzene rings is 1. The lowest BCUT2D eigenvalue weighted by atomic mass is 9.75. The number of nitrogens with one attached hydrogen (secondary N) is 1. The molecule has 1 N–H and O–H groups in total. The van der Waals surface area contributed by atoms with Crippen LogP contribution in [0.2, 0.25) is 0 Å². The molecule has 0 spiro atoms. The van der Waals surface area contributed by atoms with E-state index < -0.39 is 30.0 Å². The number of rotatable bonds is 3. The Morgan fingerprint density at radius 2 is 1.76 bits per heavy atom. The summed E-state index contributed by atoms with van der Waals surface area (Å²) in [5, 5.41) is 10.7. The fraction of sp³-hybridized carbons (Fsp3) is 0.550. The van der Waals surface area contributed by atoms with Crippen molar-refractivity contribution in [3.05, 3.63) is 35.4 Å². The fourth-order valence-electron chi connectivity index (χ4n) is 2.93. The molecule has 3 rings (SSSR count). The quantitative estimate of drug-likeness (QED) is 0.799. The second-order valence-corrected chi connectivity index (χ2v) is 9.43. The van der Waals surface area contributed by atoms with Crippen LogP contribution in [0.3, 0.4) is 0 Å². The van der Waals surface area contributed by atoms with Gasteiger partial charge < -0.3 is 14.6 Å². The van der Waals surface area contributed by atoms with Gasteiger partial charge in [0.05, 0.1) is 22.9 Å². The molecule has 0 unspecified atom stereocenters. The second-order valence-electron chi connectivity index (χ2n) is 9.43. The molecule has 1 aliphatic heterocycles. The monoisotopic (exact) mass is 402 g/mol. The molecular formula is C20H28BFN4O3. The van der Waals surface area contributed by atoms with Crippen molar-refractivity contribution in [2.45, 2.75) is 72.1 Å². The minimum atomic E-state index is -0.729. The van der Waals surface area contributed by atoms with Gasteiger partial charge in [-0.25, -0.2) is 9.07 Å². The maximum atomic E-state index is 14.4. The van der Waals surface area contributed by atoms with E-state index in [9.17, 15) is 9.18 Å². The topological polar surface area (TPSA) is 78.3 Å². The molecular weight excluding hydrogens is 374 g/mol. The maximum Gasteiger partial charge on any atom is 0.495 e. The third-order valence-corrected chi connectivity index (χ3v) is 5.58.